The number of anilines is 4. The van der Waals surface area contributed by atoms with E-state index >= 15 is 0 Å². The fourth-order valence-corrected chi connectivity index (χ4v) is 12.0. The lowest BCUT2D eigenvalue weighted by molar-refractivity contribution is -0.432. The summed E-state index contributed by atoms with van der Waals surface area (Å²) < 4.78 is 144. The number of nitrogens with zero attached hydrogens (tertiary/aromatic N) is 7. The Labute approximate surface area is 478 Å². The van der Waals surface area contributed by atoms with Crippen molar-refractivity contribution in [2.45, 2.75) is 34.5 Å². The molecule has 1 aromatic heterocycles. The second-order valence-corrected chi connectivity index (χ2v) is 25.2. The van der Waals surface area contributed by atoms with E-state index in [-0.39, 0.29) is 84.5 Å². The number of benzene rings is 7. The van der Waals surface area contributed by atoms with Gasteiger partial charge in [0.25, 0.3) is 20.2 Å². The average molecular weight is 1290 g/mol. The van der Waals surface area contributed by atoms with Crippen LogP contribution >= 0.6 is 47.9 Å². The lowest BCUT2D eigenvalue weighted by atomic mass is 10.1. The zero-order valence-corrected chi connectivity index (χ0v) is 46.9. The summed E-state index contributed by atoms with van der Waals surface area (Å²) in [5, 5.41) is 72.5. The Kier molecular flexibility index (Phi) is 20.4. The van der Waals surface area contributed by atoms with Crippen LogP contribution in [0.3, 0.4) is 0 Å². The van der Waals surface area contributed by atoms with Crippen molar-refractivity contribution in [2.75, 3.05) is 35.4 Å². The van der Waals surface area contributed by atoms with Gasteiger partial charge in [0.05, 0.1) is 81.9 Å². The van der Waals surface area contributed by atoms with Gasteiger partial charge in [-0.3, -0.25) is 13.7 Å². The van der Waals surface area contributed by atoms with Gasteiger partial charge in [0, 0.05) is 64.1 Å². The van der Waals surface area contributed by atoms with Gasteiger partial charge >= 0.3 is 10.4 Å². The van der Waals surface area contributed by atoms with Crippen molar-refractivity contribution in [1.29, 1.82) is 0 Å². The Bertz CT molecular complexity index is 4230. The average Bonchev–Trinajstić information content (AvgIpc) is 2.72. The van der Waals surface area contributed by atoms with E-state index in [0.717, 1.165) is 36.0 Å². The number of azo groups is 2. The van der Waals surface area contributed by atoms with E-state index in [0.29, 0.717) is 61.4 Å². The van der Waals surface area contributed by atoms with Crippen LogP contribution in [-0.2, 0) is 72.8 Å². The number of rotatable bonds is 27. The summed E-state index contributed by atoms with van der Waals surface area (Å²) in [5.74, 6) is -0.561. The van der Waals surface area contributed by atoms with Crippen LogP contribution < -0.4 is 10.6 Å². The molecule has 8 aromatic rings. The topological polar surface area (TPSA) is 455 Å². The number of aromatic nitrogens is 3. The number of hydrogen-bond acceptors (Lipinski definition) is 32. The van der Waals surface area contributed by atoms with Crippen molar-refractivity contribution in [3.8, 4) is 0 Å². The molecule has 0 bridgehead atoms. The van der Waals surface area contributed by atoms with Gasteiger partial charge in [0.2, 0.25) is 11.9 Å². The van der Waals surface area contributed by atoms with Crippen molar-refractivity contribution in [1.82, 2.24) is 15.0 Å². The van der Waals surface area contributed by atoms with E-state index in [2.05, 4.69) is 78.3 Å². The van der Waals surface area contributed by atoms with Crippen LogP contribution in [-0.4, -0.2) is 108 Å². The molecular formula is C43H35N9O22S8. The molecule has 0 aliphatic heterocycles. The molecule has 8 rings (SSSR count). The molecule has 0 fully saturated rings. The maximum atomic E-state index is 12.8. The highest BCUT2D eigenvalue weighted by Gasteiger charge is 2.24. The quantitative estimate of drug-likeness (QED) is 0.00577. The third-order valence-electron chi connectivity index (χ3n) is 10.7. The van der Waals surface area contributed by atoms with E-state index in [1.165, 1.54) is 42.5 Å². The smallest absolute Gasteiger partial charge is 0.396 e. The van der Waals surface area contributed by atoms with E-state index in [4.69, 9.17) is 20.3 Å². The summed E-state index contributed by atoms with van der Waals surface area (Å²) in [6.07, 6.45) is 0. The van der Waals surface area contributed by atoms with Gasteiger partial charge < -0.3 is 15.7 Å². The van der Waals surface area contributed by atoms with Crippen molar-refractivity contribution in [3.63, 3.8) is 0 Å². The van der Waals surface area contributed by atoms with Gasteiger partial charge in [-0.15, -0.1) is 33.5 Å². The Balaban J connectivity index is 1.16. The standard InChI is InChI=1S/C43H35N9O22S8/c53-15-17-75-43-47-41(44-23-1-5-26(6-2-23)79(57,58)18-16-68-82(65,66)67)46-42(48-43)45-34-10-11-36(31-19-24(76-72-69-54)3-7-28(31)34)50-49-35-12-13-37(32-20-25(77-73-70-55)4-8-29(32)35)51-52-40-33-21-27(80(59,60)61)22-38(78-74-71-56)30(33)9-14-39(40)81(62,63)64/h1-14,19-22,53-56H,15-18H2,(H,59,60,61)(H,62,63,64)(H,65,66,67)(H2,44,45,46,47,48). The number of nitrogens with one attached hydrogen (secondary N) is 2. The molecule has 82 heavy (non-hydrogen) atoms. The predicted molar refractivity (Wildman–Crippen MR) is 292 cm³/mol. The van der Waals surface area contributed by atoms with Crippen LogP contribution in [0.4, 0.5) is 46.0 Å². The first-order chi connectivity index (χ1) is 39.1. The minimum absolute atomic E-state index is 0.00308. The Morgan fingerprint density at radius 2 is 1.09 bits per heavy atom. The highest BCUT2D eigenvalue weighted by Crippen LogP contribution is 2.44. The van der Waals surface area contributed by atoms with E-state index in [1.54, 1.807) is 42.5 Å². The van der Waals surface area contributed by atoms with Gasteiger partial charge in [-0.2, -0.15) is 40.2 Å². The Hall–Kier alpha value is -6.23. The molecule has 31 nitrogen and oxygen atoms in total. The Morgan fingerprint density at radius 3 is 1.68 bits per heavy atom. The first-order valence-electron chi connectivity index (χ1n) is 22.0. The zero-order valence-electron chi connectivity index (χ0n) is 40.4. The zero-order chi connectivity index (χ0) is 58.8. The molecule has 0 saturated carbocycles. The molecule has 39 heteroatoms. The van der Waals surface area contributed by atoms with Gasteiger partial charge in [0.15, 0.2) is 15.0 Å². The predicted octanol–water partition coefficient (Wildman–Crippen LogP) is 10.1. The SMILES string of the molecule is O=S(=O)(O)OCCS(=O)(=O)c1ccc(Nc2nc(Nc3ccc(N=Nc4ccc(N=Nc5c(S(=O)(=O)O)ccc6c(SOOO)cc(S(=O)(=O)O)cc56)c5cc(SOOO)ccc45)c4cc(SOOO)ccc34)nc(SCCO)n2)cc1. The lowest BCUT2D eigenvalue weighted by Gasteiger charge is -2.13. The summed E-state index contributed by atoms with van der Waals surface area (Å²) in [7, 11) is -19.0. The van der Waals surface area contributed by atoms with Crippen molar-refractivity contribution in [2.24, 2.45) is 20.5 Å². The maximum absolute atomic E-state index is 12.8. The number of hydrogen-bond donors (Lipinski definition) is 9. The molecule has 0 amide bonds. The summed E-state index contributed by atoms with van der Waals surface area (Å²) in [6.45, 7) is -1.04. The van der Waals surface area contributed by atoms with Gasteiger partial charge in [-0.1, -0.05) is 45.1 Å². The maximum Gasteiger partial charge on any atom is 0.397 e. The van der Waals surface area contributed by atoms with Crippen LogP contribution in [0.2, 0.25) is 0 Å². The fraction of sp³-hybridized carbons (Fsp3) is 0.0930. The second kappa shape index (κ2) is 27.0. The minimum Gasteiger partial charge on any atom is -0.396 e. The van der Waals surface area contributed by atoms with E-state index in [9.17, 15) is 47.9 Å². The molecule has 432 valence electrons. The highest BCUT2D eigenvalue weighted by atomic mass is 32.3. The van der Waals surface area contributed by atoms with Gasteiger partial charge in [0.1, 0.15) is 10.6 Å². The summed E-state index contributed by atoms with van der Waals surface area (Å²) in [6, 6.07) is 24.8. The number of thioether (sulfide) groups is 1. The monoisotopic (exact) mass is 1280 g/mol. The molecule has 0 radical (unpaired) electrons. The fourth-order valence-electron chi connectivity index (χ4n) is 7.36. The van der Waals surface area contributed by atoms with Crippen molar-refractivity contribution in [3.05, 3.63) is 109 Å². The van der Waals surface area contributed by atoms with Gasteiger partial charge in [-0.25, -0.2) is 28.4 Å². The largest absolute Gasteiger partial charge is 0.397 e. The molecule has 0 spiro atoms. The van der Waals surface area contributed by atoms with Crippen LogP contribution in [0, 0.1) is 0 Å². The molecule has 0 atom stereocenters. The first-order valence-corrected chi connectivity index (χ1v) is 31.1. The summed E-state index contributed by atoms with van der Waals surface area (Å²) in [4.78, 5) is 12.2. The van der Waals surface area contributed by atoms with Crippen LogP contribution in [0.5, 0.6) is 0 Å². The van der Waals surface area contributed by atoms with Crippen LogP contribution in [0.15, 0.2) is 164 Å². The van der Waals surface area contributed by atoms with Crippen molar-refractivity contribution < 1.29 is 101 Å². The van der Waals surface area contributed by atoms with Crippen molar-refractivity contribution >= 4 is 167 Å². The van der Waals surface area contributed by atoms with Crippen LogP contribution in [0.1, 0.15) is 0 Å². The second-order valence-electron chi connectivity index (χ2n) is 15.8. The molecule has 0 aliphatic rings. The van der Waals surface area contributed by atoms with E-state index in [1.807, 2.05) is 0 Å². The van der Waals surface area contributed by atoms with Gasteiger partial charge in [-0.05, 0) is 91.0 Å². The normalized spacial score (nSPS) is 12.6. The molecule has 0 saturated heterocycles. The van der Waals surface area contributed by atoms with Crippen LogP contribution in [0.25, 0.3) is 32.3 Å². The number of fused-ring (bicyclic) bond motifs is 3. The molecule has 7 aromatic carbocycles. The minimum atomic E-state index is -5.11. The highest BCUT2D eigenvalue weighted by molar-refractivity contribution is 7.99. The number of aliphatic hydroxyl groups is 1. The first kappa shape index (κ1) is 61.8. The molecule has 1 heterocycles. The third kappa shape index (κ3) is 15.9. The molecular weight excluding hydrogens is 1250 g/mol. The summed E-state index contributed by atoms with van der Waals surface area (Å²) >= 11 is 2.59. The summed E-state index contributed by atoms with van der Waals surface area (Å²) in [5.41, 5.74) is 0.601. The molecule has 0 unspecified atom stereocenters. The third-order valence-corrected chi connectivity index (χ3v) is 17.2. The molecule has 9 N–H and O–H groups in total. The van der Waals surface area contributed by atoms with E-state index < -0.39 is 68.3 Å². The lowest BCUT2D eigenvalue weighted by Crippen LogP contribution is -2.15. The number of aliphatic hydroxyl groups excluding tert-OH is 1. The Morgan fingerprint density at radius 1 is 0.524 bits per heavy atom. The number of sulfone groups is 1. The molecule has 0 aliphatic carbocycles.